The Bertz CT molecular complexity index is 510. The molecule has 3 nitrogen and oxygen atoms in total. The highest BCUT2D eigenvalue weighted by atomic mass is 32.1. The van der Waals surface area contributed by atoms with Gasteiger partial charge in [0.05, 0.1) is 0 Å². The predicted octanol–water partition coefficient (Wildman–Crippen LogP) is 2.80. The van der Waals surface area contributed by atoms with E-state index in [0.717, 1.165) is 5.56 Å². The largest absolute Gasteiger partial charge is 0.443 e. The van der Waals surface area contributed by atoms with E-state index in [1.54, 1.807) is 24.5 Å². The topological polar surface area (TPSA) is 51.8 Å². The second-order valence-electron chi connectivity index (χ2n) is 3.73. The van der Waals surface area contributed by atoms with E-state index in [9.17, 15) is 13.2 Å². The summed E-state index contributed by atoms with van der Waals surface area (Å²) in [5.74, 6) is 0. The van der Waals surface area contributed by atoms with E-state index in [2.05, 4.69) is 9.97 Å². The van der Waals surface area contributed by atoms with Crippen molar-refractivity contribution >= 4 is 11.3 Å². The van der Waals surface area contributed by atoms with Crippen LogP contribution in [0.5, 0.6) is 0 Å². The average molecular weight is 273 g/mol. The summed E-state index contributed by atoms with van der Waals surface area (Å²) < 4.78 is 37.2. The van der Waals surface area contributed by atoms with Crippen LogP contribution in [0.25, 0.3) is 0 Å². The third-order valence-electron chi connectivity index (χ3n) is 2.34. The van der Waals surface area contributed by atoms with Gasteiger partial charge in [0.25, 0.3) is 0 Å². The molecular weight excluding hydrogens is 263 g/mol. The van der Waals surface area contributed by atoms with Crippen LogP contribution in [0.1, 0.15) is 21.5 Å². The minimum Gasteiger partial charge on any atom is -0.323 e. The number of alkyl halides is 3. The van der Waals surface area contributed by atoms with Crippen LogP contribution in [0.2, 0.25) is 0 Å². The van der Waals surface area contributed by atoms with Crippen LogP contribution in [0.4, 0.5) is 13.2 Å². The molecule has 0 bridgehead atoms. The number of hydrogen-bond donors (Lipinski definition) is 1. The van der Waals surface area contributed by atoms with Crippen molar-refractivity contribution in [3.05, 3.63) is 46.2 Å². The van der Waals surface area contributed by atoms with Gasteiger partial charge in [-0.05, 0) is 24.1 Å². The summed E-state index contributed by atoms with van der Waals surface area (Å²) in [7, 11) is 0. The zero-order chi connectivity index (χ0) is 13.2. The highest BCUT2D eigenvalue weighted by molar-refractivity contribution is 7.11. The maximum Gasteiger partial charge on any atom is 0.443 e. The maximum absolute atomic E-state index is 12.4. The van der Waals surface area contributed by atoms with Crippen LogP contribution < -0.4 is 5.73 Å². The average Bonchev–Trinajstić information content (AvgIpc) is 2.79. The Hall–Kier alpha value is -1.47. The number of rotatable bonds is 3. The first-order chi connectivity index (χ1) is 8.47. The van der Waals surface area contributed by atoms with Crippen LogP contribution in [0, 0.1) is 0 Å². The molecular formula is C11H10F3N3S. The van der Waals surface area contributed by atoms with Gasteiger partial charge in [-0.2, -0.15) is 13.2 Å². The van der Waals surface area contributed by atoms with Crippen LogP contribution >= 0.6 is 11.3 Å². The molecule has 0 aliphatic carbocycles. The monoisotopic (exact) mass is 273 g/mol. The molecule has 2 heterocycles. The van der Waals surface area contributed by atoms with Crippen LogP contribution in [0.3, 0.4) is 0 Å². The molecule has 0 saturated heterocycles. The molecule has 18 heavy (non-hydrogen) atoms. The van der Waals surface area contributed by atoms with Crippen molar-refractivity contribution in [1.29, 1.82) is 0 Å². The molecule has 2 aromatic rings. The van der Waals surface area contributed by atoms with Gasteiger partial charge < -0.3 is 5.73 Å². The van der Waals surface area contributed by atoms with Crippen molar-refractivity contribution in [1.82, 2.24) is 9.97 Å². The Balaban J connectivity index is 2.10. The number of pyridine rings is 1. The van der Waals surface area contributed by atoms with Gasteiger partial charge in [-0.15, -0.1) is 11.3 Å². The van der Waals surface area contributed by atoms with Crippen molar-refractivity contribution in [2.24, 2.45) is 5.73 Å². The predicted molar refractivity (Wildman–Crippen MR) is 62.0 cm³/mol. The Kier molecular flexibility index (Phi) is 3.63. The third-order valence-corrected chi connectivity index (χ3v) is 3.51. The molecule has 0 radical (unpaired) electrons. The van der Waals surface area contributed by atoms with Crippen LogP contribution in [0.15, 0.2) is 30.7 Å². The molecule has 2 rings (SSSR count). The van der Waals surface area contributed by atoms with Crippen molar-refractivity contribution in [2.45, 2.75) is 18.6 Å². The Morgan fingerprint density at radius 1 is 1.28 bits per heavy atom. The summed E-state index contributed by atoms with van der Waals surface area (Å²) in [4.78, 5) is 7.64. The third kappa shape index (κ3) is 3.05. The Morgan fingerprint density at radius 2 is 1.94 bits per heavy atom. The minimum atomic E-state index is -4.40. The van der Waals surface area contributed by atoms with Crippen molar-refractivity contribution in [3.8, 4) is 0 Å². The van der Waals surface area contributed by atoms with Gasteiger partial charge >= 0.3 is 6.18 Å². The summed E-state index contributed by atoms with van der Waals surface area (Å²) >= 11 is 0.590. The van der Waals surface area contributed by atoms with Gasteiger partial charge in [0.2, 0.25) is 0 Å². The van der Waals surface area contributed by atoms with E-state index in [1.807, 2.05) is 0 Å². The summed E-state index contributed by atoms with van der Waals surface area (Å²) in [6, 6.07) is 3.08. The smallest absolute Gasteiger partial charge is 0.323 e. The van der Waals surface area contributed by atoms with E-state index >= 15 is 0 Å². The van der Waals surface area contributed by atoms with Crippen LogP contribution in [-0.2, 0) is 12.6 Å². The lowest BCUT2D eigenvalue weighted by atomic mass is 10.1. The van der Waals surface area contributed by atoms with E-state index in [1.165, 1.54) is 6.20 Å². The number of nitrogens with two attached hydrogens (primary N) is 1. The molecule has 0 aliphatic heterocycles. The fraction of sp³-hybridized carbons (Fsp3) is 0.273. The van der Waals surface area contributed by atoms with Crippen molar-refractivity contribution in [2.75, 3.05) is 0 Å². The van der Waals surface area contributed by atoms with Crippen molar-refractivity contribution in [3.63, 3.8) is 0 Å². The SMILES string of the molecule is NC(Cc1ccncc1)c1cnc(C(F)(F)F)s1. The number of thiazole rings is 1. The zero-order valence-electron chi connectivity index (χ0n) is 9.19. The van der Waals surface area contributed by atoms with Gasteiger partial charge in [-0.1, -0.05) is 0 Å². The summed E-state index contributed by atoms with van der Waals surface area (Å²) in [5, 5.41) is -0.859. The molecule has 2 aromatic heterocycles. The van der Waals surface area contributed by atoms with Crippen molar-refractivity contribution < 1.29 is 13.2 Å². The molecule has 0 saturated carbocycles. The molecule has 96 valence electrons. The van der Waals surface area contributed by atoms with Crippen LogP contribution in [-0.4, -0.2) is 9.97 Å². The van der Waals surface area contributed by atoms with E-state index < -0.39 is 17.2 Å². The fourth-order valence-corrected chi connectivity index (χ4v) is 2.25. The molecule has 0 aliphatic rings. The number of aromatic nitrogens is 2. The van der Waals surface area contributed by atoms with Gasteiger partial charge in [0.15, 0.2) is 5.01 Å². The Labute approximate surface area is 105 Å². The van der Waals surface area contributed by atoms with Gasteiger partial charge in [-0.25, -0.2) is 4.98 Å². The molecule has 0 spiro atoms. The fourth-order valence-electron chi connectivity index (χ4n) is 1.46. The van der Waals surface area contributed by atoms with E-state index in [-0.39, 0.29) is 0 Å². The lowest BCUT2D eigenvalue weighted by Crippen LogP contribution is -2.11. The molecule has 0 fully saturated rings. The first-order valence-corrected chi connectivity index (χ1v) is 5.96. The molecule has 0 aromatic carbocycles. The first-order valence-electron chi connectivity index (χ1n) is 5.14. The highest BCUT2D eigenvalue weighted by Crippen LogP contribution is 2.34. The summed E-state index contributed by atoms with van der Waals surface area (Å²) in [6.07, 6.45) is 0.492. The second kappa shape index (κ2) is 5.03. The number of hydrogen-bond acceptors (Lipinski definition) is 4. The van der Waals surface area contributed by atoms with E-state index in [4.69, 9.17) is 5.73 Å². The van der Waals surface area contributed by atoms with Gasteiger partial charge in [0.1, 0.15) is 0 Å². The zero-order valence-corrected chi connectivity index (χ0v) is 10.0. The second-order valence-corrected chi connectivity index (χ2v) is 4.79. The standard InChI is InChI=1S/C11H10F3N3S/c12-11(13,14)10-17-6-9(18-10)8(15)5-7-1-3-16-4-2-7/h1-4,6,8H,5,15H2. The highest BCUT2D eigenvalue weighted by Gasteiger charge is 2.35. The Morgan fingerprint density at radius 3 is 2.50 bits per heavy atom. The first kappa shape index (κ1) is 13.0. The molecule has 0 amide bonds. The van der Waals surface area contributed by atoms with Gasteiger partial charge in [0, 0.05) is 29.5 Å². The lowest BCUT2D eigenvalue weighted by molar-refractivity contribution is -0.137. The summed E-state index contributed by atoms with van der Waals surface area (Å²) in [5.41, 5.74) is 6.80. The molecule has 7 heteroatoms. The molecule has 1 atom stereocenters. The normalized spacial score (nSPS) is 13.6. The summed E-state index contributed by atoms with van der Waals surface area (Å²) in [6.45, 7) is 0. The lowest BCUT2D eigenvalue weighted by Gasteiger charge is -2.08. The maximum atomic E-state index is 12.4. The molecule has 1 unspecified atom stereocenters. The number of nitrogens with zero attached hydrogens (tertiary/aromatic N) is 2. The molecule has 2 N–H and O–H groups in total. The van der Waals surface area contributed by atoms with Gasteiger partial charge in [-0.3, -0.25) is 4.98 Å². The minimum absolute atomic E-state index is 0.430. The quantitative estimate of drug-likeness (QED) is 0.935. The number of halogens is 3. The van der Waals surface area contributed by atoms with E-state index in [0.29, 0.717) is 22.6 Å².